The molecular formula is C14H14ClNO2S. The smallest absolute Gasteiger partial charge is 0.317 e. The number of nitrogens with zero attached hydrogens (tertiary/aromatic N) is 1. The Kier molecular flexibility index (Phi) is 4.32. The molecule has 2 rings (SSSR count). The van der Waals surface area contributed by atoms with Gasteiger partial charge in [-0.25, -0.2) is 0 Å². The number of thioether (sulfide) groups is 1. The molecule has 1 atom stereocenters. The van der Waals surface area contributed by atoms with Gasteiger partial charge in [0.25, 0.3) is 0 Å². The van der Waals surface area contributed by atoms with Crippen LogP contribution in [0.5, 0.6) is 0 Å². The number of carboxylic acid groups (broad SMARTS) is 1. The first kappa shape index (κ1) is 14.2. The van der Waals surface area contributed by atoms with E-state index in [0.717, 1.165) is 15.8 Å². The van der Waals surface area contributed by atoms with Crippen LogP contribution in [0.4, 0.5) is 0 Å². The molecule has 1 heterocycles. The van der Waals surface area contributed by atoms with E-state index >= 15 is 0 Å². The molecule has 1 unspecified atom stereocenters. The molecule has 100 valence electrons. The maximum absolute atomic E-state index is 11.3. The number of pyridine rings is 1. The van der Waals surface area contributed by atoms with E-state index < -0.39 is 11.2 Å². The molecule has 0 bridgehead atoms. The normalized spacial score (nSPS) is 12.8. The molecule has 0 fully saturated rings. The number of aromatic nitrogens is 1. The van der Waals surface area contributed by atoms with Crippen molar-refractivity contribution in [2.45, 2.75) is 24.0 Å². The number of halogens is 1. The van der Waals surface area contributed by atoms with Gasteiger partial charge >= 0.3 is 5.97 Å². The summed E-state index contributed by atoms with van der Waals surface area (Å²) in [6.07, 6.45) is 1.68. The third kappa shape index (κ3) is 3.19. The van der Waals surface area contributed by atoms with Gasteiger partial charge in [-0.2, -0.15) is 0 Å². The van der Waals surface area contributed by atoms with Crippen LogP contribution in [0.3, 0.4) is 0 Å². The number of carbonyl (C=O) groups is 1. The molecule has 2 aromatic rings. The number of fused-ring (bicyclic) bond motifs is 1. The maximum Gasteiger partial charge on any atom is 0.317 e. The van der Waals surface area contributed by atoms with Crippen LogP contribution in [0.15, 0.2) is 35.4 Å². The Morgan fingerprint density at radius 3 is 2.74 bits per heavy atom. The summed E-state index contributed by atoms with van der Waals surface area (Å²) in [5.41, 5.74) is 0.783. The predicted octanol–water partition coefficient (Wildman–Crippen LogP) is 4.09. The van der Waals surface area contributed by atoms with Crippen LogP contribution in [0, 0.1) is 5.92 Å². The second-order valence-corrected chi connectivity index (χ2v) is 6.21. The minimum absolute atomic E-state index is 0.0537. The SMILES string of the molecule is CC(C)C(Sc1ccnc2cc(Cl)ccc12)C(=O)O. The molecule has 3 nitrogen and oxygen atoms in total. The fraction of sp³-hybridized carbons (Fsp3) is 0.286. The van der Waals surface area contributed by atoms with Crippen LogP contribution in [0.1, 0.15) is 13.8 Å². The molecule has 1 aromatic carbocycles. The van der Waals surface area contributed by atoms with E-state index in [1.807, 2.05) is 26.0 Å². The standard InChI is InChI=1S/C14H14ClNO2S/c1-8(2)13(14(17)18)19-12-5-6-16-11-7-9(15)3-4-10(11)12/h3-8,13H,1-2H3,(H,17,18). The molecule has 0 saturated carbocycles. The van der Waals surface area contributed by atoms with Gasteiger partial charge in [0.2, 0.25) is 0 Å². The fourth-order valence-corrected chi connectivity index (χ4v) is 3.06. The molecular weight excluding hydrogens is 282 g/mol. The van der Waals surface area contributed by atoms with E-state index in [9.17, 15) is 9.90 Å². The zero-order chi connectivity index (χ0) is 14.0. The zero-order valence-electron chi connectivity index (χ0n) is 10.6. The molecule has 0 amide bonds. The van der Waals surface area contributed by atoms with Gasteiger partial charge in [0, 0.05) is 21.5 Å². The lowest BCUT2D eigenvalue weighted by Gasteiger charge is -2.16. The number of benzene rings is 1. The summed E-state index contributed by atoms with van der Waals surface area (Å²) in [6, 6.07) is 7.30. The van der Waals surface area contributed by atoms with E-state index in [-0.39, 0.29) is 5.92 Å². The Morgan fingerprint density at radius 1 is 1.37 bits per heavy atom. The molecule has 0 aliphatic heterocycles. The van der Waals surface area contributed by atoms with E-state index in [0.29, 0.717) is 5.02 Å². The van der Waals surface area contributed by atoms with Crippen LogP contribution < -0.4 is 0 Å². The Morgan fingerprint density at radius 2 is 2.11 bits per heavy atom. The average Bonchev–Trinajstić information content (AvgIpc) is 2.34. The van der Waals surface area contributed by atoms with Crippen molar-refractivity contribution < 1.29 is 9.90 Å². The topological polar surface area (TPSA) is 50.2 Å². The first-order chi connectivity index (χ1) is 8.99. The lowest BCUT2D eigenvalue weighted by Crippen LogP contribution is -2.22. The van der Waals surface area contributed by atoms with Gasteiger partial charge in [-0.1, -0.05) is 31.5 Å². The van der Waals surface area contributed by atoms with Crippen molar-refractivity contribution in [2.24, 2.45) is 5.92 Å². The van der Waals surface area contributed by atoms with Crippen molar-refractivity contribution in [3.63, 3.8) is 0 Å². The second-order valence-electron chi connectivity index (χ2n) is 4.59. The third-order valence-corrected chi connectivity index (χ3v) is 4.61. The highest BCUT2D eigenvalue weighted by atomic mass is 35.5. The molecule has 1 N–H and O–H groups in total. The Balaban J connectivity index is 2.42. The summed E-state index contributed by atoms with van der Waals surface area (Å²) < 4.78 is 0. The summed E-state index contributed by atoms with van der Waals surface area (Å²) in [6.45, 7) is 3.82. The number of aliphatic carboxylic acids is 1. The predicted molar refractivity (Wildman–Crippen MR) is 78.9 cm³/mol. The number of hydrogen-bond acceptors (Lipinski definition) is 3. The van der Waals surface area contributed by atoms with Crippen molar-refractivity contribution in [2.75, 3.05) is 0 Å². The van der Waals surface area contributed by atoms with E-state index in [4.69, 9.17) is 11.6 Å². The van der Waals surface area contributed by atoms with Crippen LogP contribution in [0.2, 0.25) is 5.02 Å². The van der Waals surface area contributed by atoms with Crippen molar-refractivity contribution in [1.29, 1.82) is 0 Å². The first-order valence-electron chi connectivity index (χ1n) is 5.93. The highest BCUT2D eigenvalue weighted by Gasteiger charge is 2.23. The quantitative estimate of drug-likeness (QED) is 0.863. The van der Waals surface area contributed by atoms with Crippen LogP contribution in [-0.4, -0.2) is 21.3 Å². The van der Waals surface area contributed by atoms with Crippen molar-refractivity contribution in [1.82, 2.24) is 4.98 Å². The molecule has 0 saturated heterocycles. The van der Waals surface area contributed by atoms with E-state index in [1.165, 1.54) is 11.8 Å². The minimum Gasteiger partial charge on any atom is -0.480 e. The summed E-state index contributed by atoms with van der Waals surface area (Å²) in [4.78, 5) is 16.5. The van der Waals surface area contributed by atoms with Gasteiger partial charge in [0.15, 0.2) is 0 Å². The molecule has 19 heavy (non-hydrogen) atoms. The number of hydrogen-bond donors (Lipinski definition) is 1. The first-order valence-corrected chi connectivity index (χ1v) is 7.18. The average molecular weight is 296 g/mol. The zero-order valence-corrected chi connectivity index (χ0v) is 12.2. The largest absolute Gasteiger partial charge is 0.480 e. The van der Waals surface area contributed by atoms with Gasteiger partial charge < -0.3 is 5.11 Å². The molecule has 0 aliphatic carbocycles. The summed E-state index contributed by atoms with van der Waals surface area (Å²) in [5, 5.41) is 10.4. The summed E-state index contributed by atoms with van der Waals surface area (Å²) in [5.74, 6) is -0.739. The van der Waals surface area contributed by atoms with Gasteiger partial charge in [0.05, 0.1) is 5.52 Å². The Labute approximate surface area is 121 Å². The highest BCUT2D eigenvalue weighted by molar-refractivity contribution is 8.00. The molecule has 1 aromatic heterocycles. The van der Waals surface area contributed by atoms with Crippen molar-refractivity contribution in [3.05, 3.63) is 35.5 Å². The van der Waals surface area contributed by atoms with Gasteiger partial charge in [0.1, 0.15) is 5.25 Å². The highest BCUT2D eigenvalue weighted by Crippen LogP contribution is 2.33. The van der Waals surface area contributed by atoms with Crippen molar-refractivity contribution in [3.8, 4) is 0 Å². The van der Waals surface area contributed by atoms with Gasteiger partial charge in [-0.15, -0.1) is 11.8 Å². The summed E-state index contributed by atoms with van der Waals surface area (Å²) >= 11 is 7.29. The third-order valence-electron chi connectivity index (χ3n) is 2.77. The maximum atomic E-state index is 11.3. The van der Waals surface area contributed by atoms with Crippen molar-refractivity contribution >= 4 is 40.2 Å². The van der Waals surface area contributed by atoms with E-state index in [1.54, 1.807) is 18.3 Å². The Bertz CT molecular complexity index is 615. The molecule has 0 spiro atoms. The lowest BCUT2D eigenvalue weighted by atomic mass is 10.1. The molecule has 0 radical (unpaired) electrons. The molecule has 0 aliphatic rings. The van der Waals surface area contributed by atoms with Crippen LogP contribution >= 0.6 is 23.4 Å². The van der Waals surface area contributed by atoms with Crippen LogP contribution in [-0.2, 0) is 4.79 Å². The van der Waals surface area contributed by atoms with Gasteiger partial charge in [-0.3, -0.25) is 9.78 Å². The summed E-state index contributed by atoms with van der Waals surface area (Å²) in [7, 11) is 0. The minimum atomic E-state index is -0.793. The monoisotopic (exact) mass is 295 g/mol. The van der Waals surface area contributed by atoms with Gasteiger partial charge in [-0.05, 0) is 24.1 Å². The number of carboxylic acids is 1. The Hall–Kier alpha value is -1.26. The molecule has 5 heteroatoms. The fourth-order valence-electron chi connectivity index (χ4n) is 1.81. The lowest BCUT2D eigenvalue weighted by molar-refractivity contribution is -0.137. The second kappa shape index (κ2) is 5.80. The number of rotatable bonds is 4. The van der Waals surface area contributed by atoms with E-state index in [2.05, 4.69) is 4.98 Å². The van der Waals surface area contributed by atoms with Crippen LogP contribution in [0.25, 0.3) is 10.9 Å².